The van der Waals surface area contributed by atoms with Crippen LogP contribution in [0.1, 0.15) is 5.56 Å². The summed E-state index contributed by atoms with van der Waals surface area (Å²) in [4.78, 5) is 0. The fraction of sp³-hybridized carbons (Fsp3) is 0.200. The van der Waals surface area contributed by atoms with Gasteiger partial charge in [-0.05, 0) is 36.4 Å². The van der Waals surface area contributed by atoms with Gasteiger partial charge in [0.25, 0.3) is 0 Å². The van der Waals surface area contributed by atoms with Gasteiger partial charge in [-0.1, -0.05) is 11.6 Å². The number of halogens is 5. The van der Waals surface area contributed by atoms with Gasteiger partial charge in [-0.25, -0.2) is 8.78 Å². The molecule has 0 saturated carbocycles. The van der Waals surface area contributed by atoms with Crippen molar-refractivity contribution in [2.24, 2.45) is 0 Å². The molecule has 0 radical (unpaired) electrons. The van der Waals surface area contributed by atoms with Crippen LogP contribution in [0.5, 0.6) is 0 Å². The van der Waals surface area contributed by atoms with Crippen molar-refractivity contribution in [2.75, 3.05) is 12.2 Å². The SMILES string of the molecule is C=C1Nc2ccc(Cl)cc2C(F)(Cl)O1.FCF. The molecule has 0 aromatic heterocycles. The van der Waals surface area contributed by atoms with Gasteiger partial charge in [-0.2, -0.15) is 4.39 Å². The summed E-state index contributed by atoms with van der Waals surface area (Å²) >= 11 is 11.2. The van der Waals surface area contributed by atoms with E-state index in [4.69, 9.17) is 23.2 Å². The van der Waals surface area contributed by atoms with Gasteiger partial charge in [-0.15, -0.1) is 0 Å². The van der Waals surface area contributed by atoms with Crippen molar-refractivity contribution in [3.8, 4) is 0 Å². The topological polar surface area (TPSA) is 21.3 Å². The minimum atomic E-state index is -2.40. The molecule has 2 nitrogen and oxygen atoms in total. The van der Waals surface area contributed by atoms with Gasteiger partial charge in [0.2, 0.25) is 6.93 Å². The number of hydrogen-bond donors (Lipinski definition) is 1. The maximum absolute atomic E-state index is 13.7. The molecule has 1 unspecified atom stereocenters. The average Bonchev–Trinajstić information content (AvgIpc) is 2.19. The van der Waals surface area contributed by atoms with Gasteiger partial charge >= 0.3 is 5.31 Å². The zero-order chi connectivity index (χ0) is 13.1. The van der Waals surface area contributed by atoms with Crippen LogP contribution in [0.2, 0.25) is 5.02 Å². The fourth-order valence-electron chi connectivity index (χ4n) is 1.25. The summed E-state index contributed by atoms with van der Waals surface area (Å²) < 4.78 is 37.6. The summed E-state index contributed by atoms with van der Waals surface area (Å²) in [6.45, 7) is 1.69. The van der Waals surface area contributed by atoms with E-state index in [1.165, 1.54) is 6.07 Å². The van der Waals surface area contributed by atoms with Gasteiger partial charge in [-0.3, -0.25) is 0 Å². The van der Waals surface area contributed by atoms with Crippen LogP contribution in [-0.4, -0.2) is 6.93 Å². The molecule has 1 atom stereocenters. The molecular formula is C10H8Cl2F3NO. The molecule has 0 amide bonds. The second-order valence-corrected chi connectivity index (χ2v) is 3.88. The Kier molecular flexibility index (Phi) is 4.54. The van der Waals surface area contributed by atoms with E-state index in [0.717, 1.165) is 0 Å². The number of fused-ring (bicyclic) bond motifs is 1. The molecule has 0 bridgehead atoms. The highest BCUT2D eigenvalue weighted by Crippen LogP contribution is 2.43. The van der Waals surface area contributed by atoms with E-state index in [9.17, 15) is 13.2 Å². The zero-order valence-corrected chi connectivity index (χ0v) is 9.96. The van der Waals surface area contributed by atoms with E-state index >= 15 is 0 Å². The average molecular weight is 286 g/mol. The lowest BCUT2D eigenvalue weighted by atomic mass is 10.1. The minimum absolute atomic E-state index is 0.0670. The number of nitrogens with one attached hydrogen (secondary N) is 1. The standard InChI is InChI=1S/C9H6Cl2FNO.CH2F2/c1-5-13-8-3-2-6(10)4-7(8)9(11,12)14-5;2-1-3/h2-4,13H,1H2;1H2. The van der Waals surface area contributed by atoms with E-state index in [2.05, 4.69) is 16.6 Å². The predicted octanol–water partition coefficient (Wildman–Crippen LogP) is 4.45. The van der Waals surface area contributed by atoms with Crippen molar-refractivity contribution >= 4 is 28.9 Å². The van der Waals surface area contributed by atoms with Crippen LogP contribution in [0.3, 0.4) is 0 Å². The lowest BCUT2D eigenvalue weighted by molar-refractivity contribution is -0.0431. The van der Waals surface area contributed by atoms with Gasteiger partial charge in [0.1, 0.15) is 0 Å². The molecule has 1 aromatic rings. The molecule has 94 valence electrons. The molecular weight excluding hydrogens is 278 g/mol. The summed E-state index contributed by atoms with van der Waals surface area (Å²) in [6.07, 6.45) is 0. The first-order chi connectivity index (χ1) is 7.90. The van der Waals surface area contributed by atoms with Crippen LogP contribution in [0.15, 0.2) is 30.7 Å². The molecule has 1 aliphatic heterocycles. The molecule has 1 aromatic carbocycles. The molecule has 0 fully saturated rings. The van der Waals surface area contributed by atoms with Crippen molar-refractivity contribution in [1.82, 2.24) is 0 Å². The Labute approximate surface area is 106 Å². The Hall–Kier alpha value is -1.07. The molecule has 1 heterocycles. The Morgan fingerprint density at radius 2 is 2.00 bits per heavy atom. The fourth-order valence-corrected chi connectivity index (χ4v) is 1.67. The van der Waals surface area contributed by atoms with E-state index in [1.807, 2.05) is 0 Å². The molecule has 0 spiro atoms. The van der Waals surface area contributed by atoms with Crippen LogP contribution in [0, 0.1) is 0 Å². The molecule has 1 aliphatic rings. The highest BCUT2D eigenvalue weighted by atomic mass is 35.5. The number of ether oxygens (including phenoxy) is 1. The Balaban J connectivity index is 0.000000437. The molecule has 17 heavy (non-hydrogen) atoms. The lowest BCUT2D eigenvalue weighted by Gasteiger charge is -2.29. The third-order valence-corrected chi connectivity index (χ3v) is 2.34. The Morgan fingerprint density at radius 1 is 1.41 bits per heavy atom. The summed E-state index contributed by atoms with van der Waals surface area (Å²) in [5.74, 6) is 0.0670. The van der Waals surface area contributed by atoms with Gasteiger partial charge in [0.15, 0.2) is 5.88 Å². The lowest BCUT2D eigenvalue weighted by Crippen LogP contribution is -2.25. The second kappa shape index (κ2) is 5.51. The van der Waals surface area contributed by atoms with E-state index in [0.29, 0.717) is 10.7 Å². The first-order valence-electron chi connectivity index (χ1n) is 4.35. The molecule has 0 saturated heterocycles. The maximum atomic E-state index is 13.7. The normalized spacial score (nSPS) is 21.6. The zero-order valence-electron chi connectivity index (χ0n) is 8.44. The van der Waals surface area contributed by atoms with Gasteiger partial charge in [0.05, 0.1) is 11.3 Å². The molecule has 7 heteroatoms. The largest absolute Gasteiger partial charge is 0.426 e. The van der Waals surface area contributed by atoms with Crippen LogP contribution >= 0.6 is 23.2 Å². The monoisotopic (exact) mass is 285 g/mol. The van der Waals surface area contributed by atoms with Crippen molar-refractivity contribution < 1.29 is 17.9 Å². The number of rotatable bonds is 0. The Bertz CT molecular complexity index is 426. The quantitative estimate of drug-likeness (QED) is 0.711. The van der Waals surface area contributed by atoms with Crippen LogP contribution in [0.4, 0.5) is 18.9 Å². The van der Waals surface area contributed by atoms with Crippen LogP contribution in [-0.2, 0) is 10.1 Å². The predicted molar refractivity (Wildman–Crippen MR) is 61.0 cm³/mol. The van der Waals surface area contributed by atoms with Crippen molar-refractivity contribution in [1.29, 1.82) is 0 Å². The number of hydrogen-bond acceptors (Lipinski definition) is 2. The third-order valence-electron chi connectivity index (χ3n) is 1.82. The molecule has 2 rings (SSSR count). The maximum Gasteiger partial charge on any atom is 0.357 e. The third kappa shape index (κ3) is 3.44. The number of anilines is 1. The van der Waals surface area contributed by atoms with Crippen LogP contribution in [0.25, 0.3) is 0 Å². The smallest absolute Gasteiger partial charge is 0.357 e. The van der Waals surface area contributed by atoms with Crippen LogP contribution < -0.4 is 5.32 Å². The van der Waals surface area contributed by atoms with Gasteiger partial charge in [0, 0.05) is 5.02 Å². The van der Waals surface area contributed by atoms with E-state index < -0.39 is 12.2 Å². The first kappa shape index (κ1) is 14.0. The van der Waals surface area contributed by atoms with Gasteiger partial charge < -0.3 is 10.1 Å². The Morgan fingerprint density at radius 3 is 2.59 bits per heavy atom. The van der Waals surface area contributed by atoms with Crippen molar-refractivity contribution in [3.63, 3.8) is 0 Å². The summed E-state index contributed by atoms with van der Waals surface area (Å²) in [7, 11) is 0. The first-order valence-corrected chi connectivity index (χ1v) is 5.11. The van der Waals surface area contributed by atoms with E-state index in [-0.39, 0.29) is 11.4 Å². The molecule has 0 aliphatic carbocycles. The number of alkyl halides is 4. The number of benzene rings is 1. The van der Waals surface area contributed by atoms with Crippen molar-refractivity contribution in [3.05, 3.63) is 41.2 Å². The summed E-state index contributed by atoms with van der Waals surface area (Å²) in [5, 5.41) is 0.736. The van der Waals surface area contributed by atoms with Crippen molar-refractivity contribution in [2.45, 2.75) is 5.31 Å². The minimum Gasteiger partial charge on any atom is -0.426 e. The van der Waals surface area contributed by atoms with E-state index in [1.54, 1.807) is 12.1 Å². The highest BCUT2D eigenvalue weighted by molar-refractivity contribution is 6.31. The summed E-state index contributed by atoms with van der Waals surface area (Å²) in [5.41, 5.74) is 0.655. The molecule has 1 N–H and O–H groups in total. The highest BCUT2D eigenvalue weighted by Gasteiger charge is 2.38. The second-order valence-electron chi connectivity index (χ2n) is 2.96. The summed E-state index contributed by atoms with van der Waals surface area (Å²) in [6, 6.07) is 4.64.